The molecule has 4 heterocycles. The summed E-state index contributed by atoms with van der Waals surface area (Å²) in [6.07, 6.45) is 2.95. The van der Waals surface area contributed by atoms with E-state index in [0.29, 0.717) is 27.9 Å². The van der Waals surface area contributed by atoms with Crippen LogP contribution in [0.4, 0.5) is 4.39 Å². The standard InChI is InChI=1S/C21H24FN5O4S/c1-12(2)27-17-6-15(20(28)25-21(4)10-32(29,30)11-21)8-24-19(17)18(26-27)14-5-16(9-23-7-14)31-13(3)22/h5-9,12-13H,10-11H2,1-4H3,(H,25,28). The molecule has 1 fully saturated rings. The molecule has 1 saturated heterocycles. The zero-order chi connectivity index (χ0) is 23.3. The SMILES string of the molecule is CC(F)Oc1cncc(-c2nn(C(C)C)c3cc(C(=O)NC4(C)CS(=O)(=O)C4)cnc23)c1. The Labute approximate surface area is 184 Å². The molecular formula is C21H24FN5O4S. The highest BCUT2D eigenvalue weighted by atomic mass is 32.2. The van der Waals surface area contributed by atoms with Gasteiger partial charge in [-0.3, -0.25) is 19.4 Å². The molecule has 1 aliphatic rings. The van der Waals surface area contributed by atoms with Gasteiger partial charge in [0.15, 0.2) is 9.84 Å². The van der Waals surface area contributed by atoms with Gasteiger partial charge in [-0.25, -0.2) is 12.8 Å². The van der Waals surface area contributed by atoms with E-state index < -0.39 is 27.6 Å². The fourth-order valence-corrected chi connectivity index (χ4v) is 5.88. The van der Waals surface area contributed by atoms with Crippen LogP contribution in [0.5, 0.6) is 5.75 Å². The van der Waals surface area contributed by atoms with E-state index >= 15 is 0 Å². The molecule has 32 heavy (non-hydrogen) atoms. The number of carbonyl (C=O) groups excluding carboxylic acids is 1. The highest BCUT2D eigenvalue weighted by molar-refractivity contribution is 7.93. The molecule has 0 saturated carbocycles. The quantitative estimate of drug-likeness (QED) is 0.600. The average molecular weight is 462 g/mol. The number of amides is 1. The van der Waals surface area contributed by atoms with Crippen molar-refractivity contribution in [3.8, 4) is 17.0 Å². The van der Waals surface area contributed by atoms with Crippen molar-refractivity contribution in [3.63, 3.8) is 0 Å². The minimum atomic E-state index is -3.09. The van der Waals surface area contributed by atoms with Crippen LogP contribution >= 0.6 is 0 Å². The van der Waals surface area contributed by atoms with E-state index in [1.807, 2.05) is 13.8 Å². The summed E-state index contributed by atoms with van der Waals surface area (Å²) < 4.78 is 43.1. The van der Waals surface area contributed by atoms with Crippen LogP contribution in [0.3, 0.4) is 0 Å². The smallest absolute Gasteiger partial charge is 0.253 e. The van der Waals surface area contributed by atoms with Gasteiger partial charge in [-0.1, -0.05) is 0 Å². The van der Waals surface area contributed by atoms with E-state index in [0.717, 1.165) is 0 Å². The highest BCUT2D eigenvalue weighted by Gasteiger charge is 2.45. The van der Waals surface area contributed by atoms with E-state index in [-0.39, 0.29) is 23.3 Å². The van der Waals surface area contributed by atoms with Gasteiger partial charge in [0.25, 0.3) is 5.91 Å². The third-order valence-corrected chi connectivity index (χ3v) is 7.23. The molecule has 3 aromatic rings. The number of ether oxygens (including phenoxy) is 1. The van der Waals surface area contributed by atoms with Crippen LogP contribution in [-0.4, -0.2) is 57.5 Å². The third kappa shape index (κ3) is 4.29. The summed E-state index contributed by atoms with van der Waals surface area (Å²) in [6, 6.07) is 3.29. The molecule has 9 nitrogen and oxygen atoms in total. The first-order chi connectivity index (χ1) is 15.0. The minimum Gasteiger partial charge on any atom is -0.459 e. The summed E-state index contributed by atoms with van der Waals surface area (Å²) in [4.78, 5) is 21.4. The van der Waals surface area contributed by atoms with Crippen molar-refractivity contribution in [1.82, 2.24) is 25.1 Å². The lowest BCUT2D eigenvalue weighted by Gasteiger charge is -2.38. The molecule has 0 spiro atoms. The Morgan fingerprint density at radius 3 is 2.56 bits per heavy atom. The second kappa shape index (κ2) is 7.80. The van der Waals surface area contributed by atoms with E-state index in [1.165, 1.54) is 19.3 Å². The number of fused-ring (bicyclic) bond motifs is 1. The Hall–Kier alpha value is -3.08. The molecule has 11 heteroatoms. The van der Waals surface area contributed by atoms with Crippen molar-refractivity contribution in [1.29, 1.82) is 0 Å². The molecule has 3 aromatic heterocycles. The normalized spacial score (nSPS) is 17.7. The highest BCUT2D eigenvalue weighted by Crippen LogP contribution is 2.31. The van der Waals surface area contributed by atoms with Crippen LogP contribution < -0.4 is 10.1 Å². The number of hydrogen-bond acceptors (Lipinski definition) is 7. The largest absolute Gasteiger partial charge is 0.459 e. The van der Waals surface area contributed by atoms with E-state index in [9.17, 15) is 17.6 Å². The summed E-state index contributed by atoms with van der Waals surface area (Å²) in [6.45, 7) is 6.88. The Kier molecular flexibility index (Phi) is 5.40. The van der Waals surface area contributed by atoms with Crippen LogP contribution in [0, 0.1) is 0 Å². The molecule has 4 rings (SSSR count). The number of alkyl halides is 1. The molecule has 0 aromatic carbocycles. The van der Waals surface area contributed by atoms with Crippen molar-refractivity contribution in [2.75, 3.05) is 11.5 Å². The molecule has 0 radical (unpaired) electrons. The second-order valence-corrected chi connectivity index (χ2v) is 10.7. The van der Waals surface area contributed by atoms with Crippen molar-refractivity contribution in [2.45, 2.75) is 45.6 Å². The van der Waals surface area contributed by atoms with Gasteiger partial charge in [-0.15, -0.1) is 0 Å². The Morgan fingerprint density at radius 1 is 1.22 bits per heavy atom. The lowest BCUT2D eigenvalue weighted by molar-refractivity contribution is 0.0856. The molecule has 0 aliphatic carbocycles. The van der Waals surface area contributed by atoms with E-state index in [1.54, 1.807) is 29.9 Å². The van der Waals surface area contributed by atoms with Gasteiger partial charge in [-0.05, 0) is 32.9 Å². The summed E-state index contributed by atoms with van der Waals surface area (Å²) in [5, 5.41) is 7.45. The van der Waals surface area contributed by atoms with Gasteiger partial charge in [0, 0.05) is 30.9 Å². The van der Waals surface area contributed by atoms with Crippen molar-refractivity contribution in [3.05, 3.63) is 36.3 Å². The van der Waals surface area contributed by atoms with Crippen molar-refractivity contribution < 1.29 is 22.3 Å². The molecule has 170 valence electrons. The molecule has 1 atom stereocenters. The summed E-state index contributed by atoms with van der Waals surface area (Å²) in [5.41, 5.74) is 1.84. The van der Waals surface area contributed by atoms with Gasteiger partial charge in [0.2, 0.25) is 6.36 Å². The molecular weight excluding hydrogens is 437 g/mol. The molecule has 1 N–H and O–H groups in total. The lowest BCUT2D eigenvalue weighted by Crippen LogP contribution is -2.63. The van der Waals surface area contributed by atoms with E-state index in [4.69, 9.17) is 4.74 Å². The topological polar surface area (TPSA) is 116 Å². The summed E-state index contributed by atoms with van der Waals surface area (Å²) >= 11 is 0. The predicted molar refractivity (Wildman–Crippen MR) is 117 cm³/mol. The Bertz CT molecular complexity index is 1290. The van der Waals surface area contributed by atoms with Gasteiger partial charge >= 0.3 is 0 Å². The maximum Gasteiger partial charge on any atom is 0.253 e. The van der Waals surface area contributed by atoms with Crippen LogP contribution in [0.2, 0.25) is 0 Å². The van der Waals surface area contributed by atoms with Crippen molar-refractivity contribution >= 4 is 26.8 Å². The number of nitrogens with zero attached hydrogens (tertiary/aromatic N) is 4. The second-order valence-electron chi connectivity index (χ2n) is 8.60. The monoisotopic (exact) mass is 461 g/mol. The molecule has 1 amide bonds. The maximum absolute atomic E-state index is 13.2. The first kappa shape index (κ1) is 22.1. The fraction of sp³-hybridized carbons (Fsp3) is 0.429. The number of halogens is 1. The first-order valence-electron chi connectivity index (χ1n) is 10.1. The molecule has 0 bridgehead atoms. The Balaban J connectivity index is 1.71. The van der Waals surface area contributed by atoms with E-state index in [2.05, 4.69) is 20.4 Å². The number of pyridine rings is 2. The minimum absolute atomic E-state index is 0.0288. The lowest BCUT2D eigenvalue weighted by atomic mass is 10.1. The van der Waals surface area contributed by atoms with Gasteiger partial charge in [-0.2, -0.15) is 5.10 Å². The van der Waals surface area contributed by atoms with Gasteiger partial charge in [0.05, 0.1) is 34.3 Å². The molecule has 1 unspecified atom stereocenters. The number of nitrogens with one attached hydrogen (secondary N) is 1. The number of hydrogen-bond donors (Lipinski definition) is 1. The number of aromatic nitrogens is 4. The zero-order valence-electron chi connectivity index (χ0n) is 18.2. The summed E-state index contributed by atoms with van der Waals surface area (Å²) in [7, 11) is -3.09. The first-order valence-corrected chi connectivity index (χ1v) is 12.0. The number of carbonyl (C=O) groups is 1. The Morgan fingerprint density at radius 2 is 1.94 bits per heavy atom. The average Bonchev–Trinajstić information content (AvgIpc) is 3.05. The number of sulfone groups is 1. The third-order valence-electron chi connectivity index (χ3n) is 5.08. The van der Waals surface area contributed by atoms with Crippen molar-refractivity contribution in [2.24, 2.45) is 0 Å². The fourth-order valence-electron chi connectivity index (χ4n) is 3.88. The van der Waals surface area contributed by atoms with Crippen LogP contribution in [0.1, 0.15) is 44.1 Å². The maximum atomic E-state index is 13.2. The molecule has 1 aliphatic heterocycles. The van der Waals surface area contributed by atoms with Crippen LogP contribution in [0.25, 0.3) is 22.3 Å². The van der Waals surface area contributed by atoms with Crippen LogP contribution in [-0.2, 0) is 9.84 Å². The van der Waals surface area contributed by atoms with Gasteiger partial charge < -0.3 is 10.1 Å². The summed E-state index contributed by atoms with van der Waals surface area (Å²) in [5.74, 6) is -0.301. The number of rotatable bonds is 6. The van der Waals surface area contributed by atoms with Crippen LogP contribution in [0.15, 0.2) is 30.7 Å². The zero-order valence-corrected chi connectivity index (χ0v) is 19.0. The van der Waals surface area contributed by atoms with Gasteiger partial charge in [0.1, 0.15) is 17.0 Å². The predicted octanol–water partition coefficient (Wildman–Crippen LogP) is 2.69.